The first-order valence-electron chi connectivity index (χ1n) is 7.63. The van der Waals surface area contributed by atoms with Crippen molar-refractivity contribution in [2.45, 2.75) is 45.6 Å². The minimum atomic E-state index is -0.638. The van der Waals surface area contributed by atoms with Crippen molar-refractivity contribution in [1.82, 2.24) is 4.90 Å². The van der Waals surface area contributed by atoms with Crippen molar-refractivity contribution in [2.24, 2.45) is 5.92 Å². The number of nitrogens with zero attached hydrogens (tertiary/aromatic N) is 1. The van der Waals surface area contributed by atoms with Crippen LogP contribution in [0.25, 0.3) is 0 Å². The molecule has 1 saturated heterocycles. The molecule has 1 fully saturated rings. The number of likely N-dealkylation sites (tertiary alicyclic amines) is 1. The standard InChI is InChI=1S/C17H25NO2/c1-3-16(11-14-8-5-4-7-13(14)2)18-10-6-9-15(12-18)17(19)20/h4-5,7-8,15-16H,3,6,9-12H2,1-2H3,(H,19,20). The van der Waals surface area contributed by atoms with E-state index < -0.39 is 5.97 Å². The lowest BCUT2D eigenvalue weighted by atomic mass is 9.93. The highest BCUT2D eigenvalue weighted by atomic mass is 16.4. The summed E-state index contributed by atoms with van der Waals surface area (Å²) >= 11 is 0. The Morgan fingerprint density at radius 1 is 1.45 bits per heavy atom. The van der Waals surface area contributed by atoms with Crippen molar-refractivity contribution in [1.29, 1.82) is 0 Å². The molecule has 1 aliphatic heterocycles. The molecule has 0 spiro atoms. The molecule has 0 saturated carbocycles. The average Bonchev–Trinajstić information content (AvgIpc) is 2.46. The smallest absolute Gasteiger partial charge is 0.307 e. The van der Waals surface area contributed by atoms with Crippen molar-refractivity contribution < 1.29 is 9.90 Å². The lowest BCUT2D eigenvalue weighted by Crippen LogP contribution is -2.45. The Balaban J connectivity index is 2.04. The number of hydrogen-bond acceptors (Lipinski definition) is 2. The second kappa shape index (κ2) is 6.89. The van der Waals surface area contributed by atoms with Gasteiger partial charge in [0.1, 0.15) is 0 Å². The second-order valence-electron chi connectivity index (χ2n) is 5.87. The third-order valence-corrected chi connectivity index (χ3v) is 4.51. The first-order valence-corrected chi connectivity index (χ1v) is 7.63. The van der Waals surface area contributed by atoms with Gasteiger partial charge in [0.15, 0.2) is 0 Å². The zero-order valence-corrected chi connectivity index (χ0v) is 12.5. The van der Waals surface area contributed by atoms with Crippen LogP contribution < -0.4 is 0 Å². The van der Waals surface area contributed by atoms with Crippen LogP contribution in [0.3, 0.4) is 0 Å². The van der Waals surface area contributed by atoms with E-state index in [0.717, 1.165) is 32.2 Å². The Labute approximate surface area is 121 Å². The predicted octanol–water partition coefficient (Wildman–Crippen LogP) is 3.11. The van der Waals surface area contributed by atoms with E-state index in [9.17, 15) is 9.90 Å². The minimum absolute atomic E-state index is 0.185. The van der Waals surface area contributed by atoms with Crippen LogP contribution in [-0.2, 0) is 11.2 Å². The van der Waals surface area contributed by atoms with Gasteiger partial charge in [-0.05, 0) is 50.3 Å². The van der Waals surface area contributed by atoms with E-state index in [-0.39, 0.29) is 5.92 Å². The molecule has 110 valence electrons. The summed E-state index contributed by atoms with van der Waals surface area (Å²) in [4.78, 5) is 13.6. The molecule has 2 unspecified atom stereocenters. The van der Waals surface area contributed by atoms with Crippen LogP contribution in [-0.4, -0.2) is 35.1 Å². The number of carboxylic acid groups (broad SMARTS) is 1. The molecular weight excluding hydrogens is 250 g/mol. The number of aryl methyl sites for hydroxylation is 1. The summed E-state index contributed by atoms with van der Waals surface area (Å²) in [6, 6.07) is 8.96. The normalized spacial score (nSPS) is 21.6. The average molecular weight is 275 g/mol. The van der Waals surface area contributed by atoms with E-state index in [1.165, 1.54) is 11.1 Å². The molecular formula is C17H25NO2. The van der Waals surface area contributed by atoms with Crippen molar-refractivity contribution >= 4 is 5.97 Å². The zero-order valence-electron chi connectivity index (χ0n) is 12.5. The molecule has 1 heterocycles. The Morgan fingerprint density at radius 2 is 2.20 bits per heavy atom. The predicted molar refractivity (Wildman–Crippen MR) is 80.9 cm³/mol. The summed E-state index contributed by atoms with van der Waals surface area (Å²) in [7, 11) is 0. The van der Waals surface area contributed by atoms with Gasteiger partial charge in [-0.15, -0.1) is 0 Å². The highest BCUT2D eigenvalue weighted by Crippen LogP contribution is 2.22. The Kier molecular flexibility index (Phi) is 5.18. The van der Waals surface area contributed by atoms with Crippen LogP contribution in [0.5, 0.6) is 0 Å². The van der Waals surface area contributed by atoms with Gasteiger partial charge in [0.2, 0.25) is 0 Å². The maximum Gasteiger partial charge on any atom is 0.307 e. The van der Waals surface area contributed by atoms with Crippen LogP contribution in [0, 0.1) is 12.8 Å². The fourth-order valence-electron chi connectivity index (χ4n) is 3.16. The van der Waals surface area contributed by atoms with E-state index in [0.29, 0.717) is 12.6 Å². The maximum atomic E-state index is 11.2. The molecule has 1 aromatic rings. The fraction of sp³-hybridized carbons (Fsp3) is 0.588. The topological polar surface area (TPSA) is 40.5 Å². The summed E-state index contributed by atoms with van der Waals surface area (Å²) in [5, 5.41) is 9.22. The van der Waals surface area contributed by atoms with Gasteiger partial charge in [0, 0.05) is 12.6 Å². The van der Waals surface area contributed by atoms with Crippen LogP contribution in [0.15, 0.2) is 24.3 Å². The largest absolute Gasteiger partial charge is 0.481 e. The number of carbonyl (C=O) groups is 1. The monoisotopic (exact) mass is 275 g/mol. The van der Waals surface area contributed by atoms with Gasteiger partial charge in [-0.2, -0.15) is 0 Å². The second-order valence-corrected chi connectivity index (χ2v) is 5.87. The zero-order chi connectivity index (χ0) is 14.5. The first-order chi connectivity index (χ1) is 9.61. The highest BCUT2D eigenvalue weighted by Gasteiger charge is 2.29. The number of hydrogen-bond donors (Lipinski definition) is 1. The van der Waals surface area contributed by atoms with Gasteiger partial charge in [-0.25, -0.2) is 0 Å². The quantitative estimate of drug-likeness (QED) is 0.897. The lowest BCUT2D eigenvalue weighted by molar-refractivity contribution is -0.143. The van der Waals surface area contributed by atoms with E-state index in [1.807, 2.05) is 0 Å². The summed E-state index contributed by atoms with van der Waals surface area (Å²) in [5.41, 5.74) is 2.72. The number of benzene rings is 1. The van der Waals surface area contributed by atoms with Gasteiger partial charge < -0.3 is 5.11 Å². The van der Waals surface area contributed by atoms with E-state index in [1.54, 1.807) is 0 Å². The molecule has 1 N–H and O–H groups in total. The molecule has 3 nitrogen and oxygen atoms in total. The Morgan fingerprint density at radius 3 is 2.85 bits per heavy atom. The van der Waals surface area contributed by atoms with E-state index in [2.05, 4.69) is 43.0 Å². The van der Waals surface area contributed by atoms with Crippen LogP contribution in [0.4, 0.5) is 0 Å². The van der Waals surface area contributed by atoms with Gasteiger partial charge in [-0.3, -0.25) is 9.69 Å². The summed E-state index contributed by atoms with van der Waals surface area (Å²) in [6.45, 7) is 6.10. The molecule has 0 bridgehead atoms. The lowest BCUT2D eigenvalue weighted by Gasteiger charge is -2.37. The Hall–Kier alpha value is -1.35. The number of aliphatic carboxylic acids is 1. The molecule has 1 aliphatic rings. The molecule has 0 aromatic heterocycles. The third kappa shape index (κ3) is 3.60. The van der Waals surface area contributed by atoms with Crippen molar-refractivity contribution in [3.8, 4) is 0 Å². The van der Waals surface area contributed by atoms with Gasteiger partial charge >= 0.3 is 5.97 Å². The Bertz CT molecular complexity index is 458. The van der Waals surface area contributed by atoms with Gasteiger partial charge in [0.25, 0.3) is 0 Å². The fourth-order valence-corrected chi connectivity index (χ4v) is 3.16. The van der Waals surface area contributed by atoms with Crippen molar-refractivity contribution in [3.63, 3.8) is 0 Å². The van der Waals surface area contributed by atoms with Crippen LogP contribution in [0.2, 0.25) is 0 Å². The summed E-state index contributed by atoms with van der Waals surface area (Å²) < 4.78 is 0. The summed E-state index contributed by atoms with van der Waals surface area (Å²) in [6.07, 6.45) is 3.92. The molecule has 1 aromatic carbocycles. The number of rotatable bonds is 5. The van der Waals surface area contributed by atoms with Crippen molar-refractivity contribution in [2.75, 3.05) is 13.1 Å². The molecule has 2 atom stereocenters. The minimum Gasteiger partial charge on any atom is -0.481 e. The number of piperidine rings is 1. The van der Waals surface area contributed by atoms with Gasteiger partial charge in [0.05, 0.1) is 5.92 Å². The van der Waals surface area contributed by atoms with Gasteiger partial charge in [-0.1, -0.05) is 31.2 Å². The third-order valence-electron chi connectivity index (χ3n) is 4.51. The van der Waals surface area contributed by atoms with E-state index in [4.69, 9.17) is 0 Å². The SMILES string of the molecule is CCC(Cc1ccccc1C)N1CCCC(C(=O)O)C1. The molecule has 20 heavy (non-hydrogen) atoms. The first kappa shape index (κ1) is 15.0. The molecule has 0 aliphatic carbocycles. The summed E-state index contributed by atoms with van der Waals surface area (Å²) in [5.74, 6) is -0.824. The maximum absolute atomic E-state index is 11.2. The molecule has 0 amide bonds. The van der Waals surface area contributed by atoms with E-state index >= 15 is 0 Å². The highest BCUT2D eigenvalue weighted by molar-refractivity contribution is 5.70. The molecule has 2 rings (SSSR count). The van der Waals surface area contributed by atoms with Crippen LogP contribution in [0.1, 0.15) is 37.3 Å². The molecule has 3 heteroatoms. The molecule has 0 radical (unpaired) electrons. The number of carboxylic acids is 1. The van der Waals surface area contributed by atoms with Crippen LogP contribution >= 0.6 is 0 Å². The van der Waals surface area contributed by atoms with Crippen molar-refractivity contribution in [3.05, 3.63) is 35.4 Å².